The van der Waals surface area contributed by atoms with Crippen molar-refractivity contribution in [3.63, 3.8) is 0 Å². The number of hydrogen-bond acceptors (Lipinski definition) is 4. The van der Waals surface area contributed by atoms with Gasteiger partial charge in [-0.25, -0.2) is 0 Å². The van der Waals surface area contributed by atoms with Gasteiger partial charge in [0.05, 0.1) is 25.9 Å². The predicted octanol–water partition coefficient (Wildman–Crippen LogP) is 0.309. The minimum Gasteiger partial charge on any atom is -0.376 e. The van der Waals surface area contributed by atoms with Crippen LogP contribution in [0.4, 0.5) is 0 Å². The lowest BCUT2D eigenvalue weighted by Gasteiger charge is -2.35. The van der Waals surface area contributed by atoms with Crippen molar-refractivity contribution < 1.29 is 19.1 Å². The van der Waals surface area contributed by atoms with Crippen LogP contribution in [0.2, 0.25) is 0 Å². The van der Waals surface area contributed by atoms with Crippen molar-refractivity contribution in [3.05, 3.63) is 0 Å². The highest BCUT2D eigenvalue weighted by Gasteiger charge is 2.42. The Bertz CT molecular complexity index is 362. The molecule has 0 aromatic rings. The summed E-state index contributed by atoms with van der Waals surface area (Å²) in [6, 6.07) is 0. The predicted molar refractivity (Wildman–Crippen MR) is 73.2 cm³/mol. The summed E-state index contributed by atoms with van der Waals surface area (Å²) in [7, 11) is 0. The highest BCUT2D eigenvalue weighted by Crippen LogP contribution is 2.22. The van der Waals surface area contributed by atoms with Crippen LogP contribution in [0, 0.1) is 0 Å². The Balaban J connectivity index is 2.10. The average Bonchev–Trinajstić information content (AvgIpc) is 2.60. The van der Waals surface area contributed by atoms with Gasteiger partial charge in [0.25, 0.3) is 0 Å². The van der Waals surface area contributed by atoms with Gasteiger partial charge in [0.2, 0.25) is 11.8 Å². The van der Waals surface area contributed by atoms with E-state index < -0.39 is 5.54 Å². The van der Waals surface area contributed by atoms with Gasteiger partial charge in [0, 0.05) is 19.5 Å². The van der Waals surface area contributed by atoms with Crippen LogP contribution in [-0.2, 0) is 19.1 Å². The van der Waals surface area contributed by atoms with Gasteiger partial charge < -0.3 is 19.7 Å². The molecule has 2 heterocycles. The molecule has 2 aliphatic rings. The lowest BCUT2D eigenvalue weighted by Crippen LogP contribution is -2.57. The molecule has 0 aliphatic carbocycles. The molecule has 0 spiro atoms. The summed E-state index contributed by atoms with van der Waals surface area (Å²) in [5.74, 6) is -0.0483. The van der Waals surface area contributed by atoms with Crippen molar-refractivity contribution in [3.8, 4) is 0 Å². The van der Waals surface area contributed by atoms with E-state index in [1.165, 1.54) is 0 Å². The molecule has 0 saturated carbocycles. The quantitative estimate of drug-likeness (QED) is 0.807. The number of carbonyl (C=O) groups excluding carboxylic acids is 2. The molecule has 2 saturated heterocycles. The van der Waals surface area contributed by atoms with Gasteiger partial charge in [0.1, 0.15) is 5.54 Å². The van der Waals surface area contributed by atoms with Crippen LogP contribution in [0.3, 0.4) is 0 Å². The number of nitrogens with zero attached hydrogens (tertiary/aromatic N) is 1. The van der Waals surface area contributed by atoms with E-state index in [2.05, 4.69) is 5.32 Å². The number of nitrogens with one attached hydrogen (secondary N) is 1. The third-order valence-corrected chi connectivity index (χ3v) is 4.20. The molecule has 6 nitrogen and oxygen atoms in total. The molecular weight excluding hydrogens is 260 g/mol. The monoisotopic (exact) mass is 284 g/mol. The summed E-state index contributed by atoms with van der Waals surface area (Å²) < 4.78 is 11.0. The largest absolute Gasteiger partial charge is 0.376 e. The van der Waals surface area contributed by atoms with E-state index in [9.17, 15) is 9.59 Å². The zero-order valence-corrected chi connectivity index (χ0v) is 12.3. The zero-order chi connectivity index (χ0) is 14.6. The highest BCUT2D eigenvalue weighted by molar-refractivity contribution is 5.93. The lowest BCUT2D eigenvalue weighted by atomic mass is 9.91. The van der Waals surface area contributed by atoms with E-state index in [1.54, 1.807) is 4.90 Å². The van der Waals surface area contributed by atoms with Crippen LogP contribution in [0.15, 0.2) is 0 Å². The van der Waals surface area contributed by atoms with Crippen molar-refractivity contribution >= 4 is 11.8 Å². The first kappa shape index (κ1) is 15.3. The minimum atomic E-state index is -0.761. The number of amides is 2. The first-order valence-corrected chi connectivity index (χ1v) is 7.41. The van der Waals surface area contributed by atoms with E-state index >= 15 is 0 Å². The Hall–Kier alpha value is -1.14. The zero-order valence-electron chi connectivity index (χ0n) is 12.3. The normalized spacial score (nSPS) is 27.1. The van der Waals surface area contributed by atoms with Crippen molar-refractivity contribution in [2.45, 2.75) is 44.8 Å². The molecule has 1 atom stereocenters. The van der Waals surface area contributed by atoms with Crippen molar-refractivity contribution in [2.75, 3.05) is 32.9 Å². The van der Waals surface area contributed by atoms with E-state index in [0.29, 0.717) is 52.2 Å². The topological polar surface area (TPSA) is 67.9 Å². The minimum absolute atomic E-state index is 0.00234. The summed E-state index contributed by atoms with van der Waals surface area (Å²) in [5, 5.41) is 2.91. The average molecular weight is 284 g/mol. The smallest absolute Gasteiger partial charge is 0.248 e. The molecule has 6 heteroatoms. The first-order valence-electron chi connectivity index (χ1n) is 7.41. The second-order valence-corrected chi connectivity index (χ2v) is 5.41. The van der Waals surface area contributed by atoms with E-state index in [0.717, 1.165) is 0 Å². The van der Waals surface area contributed by atoms with Crippen molar-refractivity contribution in [2.24, 2.45) is 0 Å². The fourth-order valence-electron chi connectivity index (χ4n) is 2.81. The van der Waals surface area contributed by atoms with Crippen molar-refractivity contribution in [1.82, 2.24) is 10.2 Å². The molecule has 0 aromatic heterocycles. The SMILES string of the molecule is CCC1(CC)NC(=O)CCN(CC2COCCO2)C1=O. The van der Waals surface area contributed by atoms with Gasteiger partial charge in [-0.3, -0.25) is 9.59 Å². The summed E-state index contributed by atoms with van der Waals surface area (Å²) in [6.45, 7) is 6.50. The maximum atomic E-state index is 12.8. The summed E-state index contributed by atoms with van der Waals surface area (Å²) in [5.41, 5.74) is -0.761. The molecule has 20 heavy (non-hydrogen) atoms. The number of carbonyl (C=O) groups is 2. The maximum Gasteiger partial charge on any atom is 0.248 e. The molecule has 0 radical (unpaired) electrons. The molecule has 1 N–H and O–H groups in total. The molecule has 2 amide bonds. The molecule has 2 aliphatic heterocycles. The second kappa shape index (κ2) is 6.54. The maximum absolute atomic E-state index is 12.8. The van der Waals surface area contributed by atoms with Crippen LogP contribution in [0.25, 0.3) is 0 Å². The van der Waals surface area contributed by atoms with Gasteiger partial charge >= 0.3 is 0 Å². The summed E-state index contributed by atoms with van der Waals surface area (Å²) in [6.07, 6.45) is 1.47. The van der Waals surface area contributed by atoms with Gasteiger partial charge in [-0.1, -0.05) is 13.8 Å². The number of ether oxygens (including phenoxy) is 2. The molecule has 0 bridgehead atoms. The van der Waals surface area contributed by atoms with Crippen LogP contribution < -0.4 is 5.32 Å². The highest BCUT2D eigenvalue weighted by atomic mass is 16.6. The second-order valence-electron chi connectivity index (χ2n) is 5.41. The standard InChI is InChI=1S/C14H24N2O4/c1-3-14(4-2)13(18)16(6-5-12(17)15-14)9-11-10-19-7-8-20-11/h11H,3-10H2,1-2H3,(H,15,17). The van der Waals surface area contributed by atoms with Crippen LogP contribution in [0.1, 0.15) is 33.1 Å². The molecule has 2 fully saturated rings. The summed E-state index contributed by atoms with van der Waals surface area (Å²) in [4.78, 5) is 26.4. The van der Waals surface area contributed by atoms with Gasteiger partial charge in [-0.2, -0.15) is 0 Å². The van der Waals surface area contributed by atoms with Crippen LogP contribution in [-0.4, -0.2) is 61.3 Å². The summed E-state index contributed by atoms with van der Waals surface area (Å²) >= 11 is 0. The molecule has 2 rings (SSSR count). The lowest BCUT2D eigenvalue weighted by molar-refractivity contribution is -0.144. The third-order valence-electron chi connectivity index (χ3n) is 4.20. The van der Waals surface area contributed by atoms with Gasteiger partial charge in [0.15, 0.2) is 0 Å². The fraction of sp³-hybridized carbons (Fsp3) is 0.857. The Morgan fingerprint density at radius 3 is 2.65 bits per heavy atom. The van der Waals surface area contributed by atoms with Gasteiger partial charge in [-0.05, 0) is 12.8 Å². The molecular formula is C14H24N2O4. The number of rotatable bonds is 4. The van der Waals surface area contributed by atoms with E-state index in [-0.39, 0.29) is 17.9 Å². The molecule has 1 unspecified atom stereocenters. The number of hydrogen-bond donors (Lipinski definition) is 1. The van der Waals surface area contributed by atoms with Gasteiger partial charge in [-0.15, -0.1) is 0 Å². The van der Waals surface area contributed by atoms with Crippen molar-refractivity contribution in [1.29, 1.82) is 0 Å². The molecule has 114 valence electrons. The Labute approximate surface area is 119 Å². The molecule has 0 aromatic carbocycles. The third kappa shape index (κ3) is 3.12. The fourth-order valence-corrected chi connectivity index (χ4v) is 2.81. The Morgan fingerprint density at radius 2 is 2.05 bits per heavy atom. The first-order chi connectivity index (χ1) is 9.61. The Morgan fingerprint density at radius 1 is 1.30 bits per heavy atom. The Kier molecular flexibility index (Phi) is 4.99. The van der Waals surface area contributed by atoms with E-state index in [1.807, 2.05) is 13.8 Å². The van der Waals surface area contributed by atoms with Crippen LogP contribution in [0.5, 0.6) is 0 Å². The van der Waals surface area contributed by atoms with E-state index in [4.69, 9.17) is 9.47 Å². The van der Waals surface area contributed by atoms with Crippen LogP contribution >= 0.6 is 0 Å².